The summed E-state index contributed by atoms with van der Waals surface area (Å²) in [5, 5.41) is 0. The van der Waals surface area contributed by atoms with Crippen LogP contribution in [0.1, 0.15) is 36.0 Å². The lowest BCUT2D eigenvalue weighted by molar-refractivity contribution is 0.144. The van der Waals surface area contributed by atoms with Crippen molar-refractivity contribution in [2.75, 3.05) is 20.2 Å². The number of rotatable bonds is 4. The fourth-order valence-electron chi connectivity index (χ4n) is 3.00. The summed E-state index contributed by atoms with van der Waals surface area (Å²) in [6, 6.07) is 4.83. The molecular weight excluding hydrogens is 236 g/mol. The summed E-state index contributed by atoms with van der Waals surface area (Å²) in [5.74, 6) is 0.982. The van der Waals surface area contributed by atoms with E-state index in [0.29, 0.717) is 6.04 Å². The predicted octanol–water partition coefficient (Wildman–Crippen LogP) is 2.63. The summed E-state index contributed by atoms with van der Waals surface area (Å²) in [5.41, 5.74) is 9.90. The second-order valence-electron chi connectivity index (χ2n) is 5.53. The third-order valence-electron chi connectivity index (χ3n) is 4.46. The maximum absolute atomic E-state index is 5.90. The highest BCUT2D eigenvalue weighted by atomic mass is 16.5. The first kappa shape index (κ1) is 14.4. The number of benzene rings is 1. The molecular formula is C16H26N2O. The van der Waals surface area contributed by atoms with Crippen molar-refractivity contribution in [2.24, 2.45) is 5.73 Å². The lowest BCUT2D eigenvalue weighted by atomic mass is 9.98. The number of nitrogens with zero attached hydrogens (tertiary/aromatic N) is 1. The van der Waals surface area contributed by atoms with Gasteiger partial charge in [0, 0.05) is 19.1 Å². The van der Waals surface area contributed by atoms with Gasteiger partial charge < -0.3 is 10.5 Å². The van der Waals surface area contributed by atoms with Gasteiger partial charge in [0.1, 0.15) is 5.75 Å². The Kier molecular flexibility index (Phi) is 4.83. The van der Waals surface area contributed by atoms with Crippen LogP contribution in [0.4, 0.5) is 0 Å². The average Bonchev–Trinajstić information content (AvgIpc) is 2.45. The molecule has 19 heavy (non-hydrogen) atoms. The molecule has 1 fully saturated rings. The Morgan fingerprint density at radius 3 is 2.74 bits per heavy atom. The zero-order valence-corrected chi connectivity index (χ0v) is 12.4. The maximum atomic E-state index is 5.90. The smallest absolute Gasteiger partial charge is 0.122 e. The van der Waals surface area contributed by atoms with Crippen molar-refractivity contribution in [1.29, 1.82) is 0 Å². The molecule has 1 heterocycles. The largest absolute Gasteiger partial charge is 0.496 e. The van der Waals surface area contributed by atoms with Crippen molar-refractivity contribution >= 4 is 0 Å². The van der Waals surface area contributed by atoms with Gasteiger partial charge in [-0.3, -0.25) is 4.90 Å². The maximum Gasteiger partial charge on any atom is 0.122 e. The molecule has 0 bridgehead atoms. The van der Waals surface area contributed by atoms with E-state index in [4.69, 9.17) is 10.5 Å². The zero-order chi connectivity index (χ0) is 13.8. The first-order valence-corrected chi connectivity index (χ1v) is 7.24. The van der Waals surface area contributed by atoms with Crippen LogP contribution in [-0.4, -0.2) is 31.1 Å². The van der Waals surface area contributed by atoms with Gasteiger partial charge in [0.05, 0.1) is 7.11 Å². The third-order valence-corrected chi connectivity index (χ3v) is 4.46. The van der Waals surface area contributed by atoms with E-state index in [9.17, 15) is 0 Å². The number of hydrogen-bond donors (Lipinski definition) is 1. The Hall–Kier alpha value is -1.06. The highest BCUT2D eigenvalue weighted by molar-refractivity contribution is 5.43. The third kappa shape index (κ3) is 3.10. The van der Waals surface area contributed by atoms with Crippen LogP contribution in [0.2, 0.25) is 0 Å². The number of piperidine rings is 1. The number of nitrogens with two attached hydrogens (primary N) is 1. The standard InChI is InChI=1S/C16H26N2O/c1-12-13(2)16(19-3)8-7-14(12)11-18-9-5-4-6-15(18)10-17/h7-8,15H,4-6,9-11,17H2,1-3H3. The SMILES string of the molecule is COc1ccc(CN2CCCCC2CN)c(C)c1C. The van der Waals surface area contributed by atoms with Crippen molar-refractivity contribution in [3.63, 3.8) is 0 Å². The number of ether oxygens (including phenoxy) is 1. The first-order chi connectivity index (χ1) is 9.17. The van der Waals surface area contributed by atoms with Gasteiger partial charge in [-0.1, -0.05) is 12.5 Å². The van der Waals surface area contributed by atoms with E-state index in [1.54, 1.807) is 7.11 Å². The first-order valence-electron chi connectivity index (χ1n) is 7.24. The molecule has 1 saturated heterocycles. The predicted molar refractivity (Wildman–Crippen MR) is 79.6 cm³/mol. The molecule has 1 atom stereocenters. The van der Waals surface area contributed by atoms with Gasteiger partial charge in [0.25, 0.3) is 0 Å². The van der Waals surface area contributed by atoms with Crippen molar-refractivity contribution in [3.05, 3.63) is 28.8 Å². The van der Waals surface area contributed by atoms with Crippen LogP contribution < -0.4 is 10.5 Å². The van der Waals surface area contributed by atoms with Gasteiger partial charge in [-0.15, -0.1) is 0 Å². The molecule has 2 rings (SSSR count). The fourth-order valence-corrected chi connectivity index (χ4v) is 3.00. The van der Waals surface area contributed by atoms with Crippen LogP contribution in [0.15, 0.2) is 12.1 Å². The quantitative estimate of drug-likeness (QED) is 0.906. The van der Waals surface area contributed by atoms with E-state index in [-0.39, 0.29) is 0 Å². The molecule has 2 N–H and O–H groups in total. The minimum Gasteiger partial charge on any atom is -0.496 e. The summed E-state index contributed by atoms with van der Waals surface area (Å²) in [4.78, 5) is 2.54. The molecule has 0 amide bonds. The van der Waals surface area contributed by atoms with Crippen LogP contribution in [0.3, 0.4) is 0 Å². The average molecular weight is 262 g/mol. The van der Waals surface area contributed by atoms with Gasteiger partial charge >= 0.3 is 0 Å². The summed E-state index contributed by atoms with van der Waals surface area (Å²) >= 11 is 0. The Morgan fingerprint density at radius 2 is 2.05 bits per heavy atom. The Balaban J connectivity index is 2.16. The van der Waals surface area contributed by atoms with Gasteiger partial charge in [-0.25, -0.2) is 0 Å². The molecule has 1 aliphatic heterocycles. The zero-order valence-electron chi connectivity index (χ0n) is 12.4. The molecule has 1 aliphatic rings. The lowest BCUT2D eigenvalue weighted by Crippen LogP contribution is -2.43. The van der Waals surface area contributed by atoms with Gasteiger partial charge in [-0.05, 0) is 56.0 Å². The molecule has 106 valence electrons. The van der Waals surface area contributed by atoms with Crippen LogP contribution in [-0.2, 0) is 6.54 Å². The fraction of sp³-hybridized carbons (Fsp3) is 0.625. The van der Waals surface area contributed by atoms with Crippen LogP contribution >= 0.6 is 0 Å². The molecule has 1 aromatic rings. The Morgan fingerprint density at radius 1 is 1.26 bits per heavy atom. The second-order valence-corrected chi connectivity index (χ2v) is 5.53. The van der Waals surface area contributed by atoms with Crippen LogP contribution in [0, 0.1) is 13.8 Å². The number of likely N-dealkylation sites (tertiary alicyclic amines) is 1. The van der Waals surface area contributed by atoms with E-state index in [1.165, 1.54) is 42.5 Å². The van der Waals surface area contributed by atoms with E-state index in [0.717, 1.165) is 18.8 Å². The number of hydrogen-bond acceptors (Lipinski definition) is 3. The van der Waals surface area contributed by atoms with Crippen molar-refractivity contribution in [2.45, 2.75) is 45.7 Å². The summed E-state index contributed by atoms with van der Waals surface area (Å²) in [7, 11) is 1.73. The minimum absolute atomic E-state index is 0.551. The van der Waals surface area contributed by atoms with E-state index < -0.39 is 0 Å². The minimum atomic E-state index is 0.551. The normalized spacial score (nSPS) is 20.5. The van der Waals surface area contributed by atoms with Gasteiger partial charge in [-0.2, -0.15) is 0 Å². The Bertz CT molecular complexity index is 431. The van der Waals surface area contributed by atoms with Crippen molar-refractivity contribution in [1.82, 2.24) is 4.90 Å². The highest BCUT2D eigenvalue weighted by Gasteiger charge is 2.21. The summed E-state index contributed by atoms with van der Waals surface area (Å²) < 4.78 is 5.38. The van der Waals surface area contributed by atoms with Crippen molar-refractivity contribution < 1.29 is 4.74 Å². The molecule has 3 nitrogen and oxygen atoms in total. The molecule has 1 aromatic carbocycles. The molecule has 0 aliphatic carbocycles. The topological polar surface area (TPSA) is 38.5 Å². The lowest BCUT2D eigenvalue weighted by Gasteiger charge is -2.35. The van der Waals surface area contributed by atoms with Crippen LogP contribution in [0.25, 0.3) is 0 Å². The second kappa shape index (κ2) is 6.40. The monoisotopic (exact) mass is 262 g/mol. The van der Waals surface area contributed by atoms with Crippen molar-refractivity contribution in [3.8, 4) is 5.75 Å². The van der Waals surface area contributed by atoms with E-state index in [1.807, 2.05) is 0 Å². The van der Waals surface area contributed by atoms with E-state index >= 15 is 0 Å². The Labute approximate surface area is 116 Å². The molecule has 0 spiro atoms. The number of methoxy groups -OCH3 is 1. The van der Waals surface area contributed by atoms with E-state index in [2.05, 4.69) is 30.9 Å². The summed E-state index contributed by atoms with van der Waals surface area (Å²) in [6.45, 7) is 7.28. The van der Waals surface area contributed by atoms with Gasteiger partial charge in [0.15, 0.2) is 0 Å². The highest BCUT2D eigenvalue weighted by Crippen LogP contribution is 2.26. The molecule has 0 saturated carbocycles. The molecule has 3 heteroatoms. The van der Waals surface area contributed by atoms with Crippen LogP contribution in [0.5, 0.6) is 5.75 Å². The molecule has 1 unspecified atom stereocenters. The van der Waals surface area contributed by atoms with Gasteiger partial charge in [0.2, 0.25) is 0 Å². The summed E-state index contributed by atoms with van der Waals surface area (Å²) in [6.07, 6.45) is 3.86. The molecule has 0 aromatic heterocycles. The molecule has 0 radical (unpaired) electrons.